The number of carbonyl (C=O) groups is 2. The summed E-state index contributed by atoms with van der Waals surface area (Å²) in [6.45, 7) is -0.370. The quantitative estimate of drug-likeness (QED) is 0.442. The van der Waals surface area contributed by atoms with E-state index in [1.54, 1.807) is 12.1 Å². The van der Waals surface area contributed by atoms with E-state index in [0.29, 0.717) is 5.69 Å². The van der Waals surface area contributed by atoms with Crippen molar-refractivity contribution in [1.82, 2.24) is 4.98 Å². The summed E-state index contributed by atoms with van der Waals surface area (Å²) in [7, 11) is 0. The SMILES string of the molecule is O=C(COC(=O)CSc1ccc(Br)cc1)Nc1cccnc1Cl. The number of hydrogen-bond acceptors (Lipinski definition) is 5. The maximum Gasteiger partial charge on any atom is 0.316 e. The summed E-state index contributed by atoms with van der Waals surface area (Å²) in [5.41, 5.74) is 0.374. The van der Waals surface area contributed by atoms with E-state index < -0.39 is 11.9 Å². The van der Waals surface area contributed by atoms with Crippen LogP contribution in [0.15, 0.2) is 52.0 Å². The lowest BCUT2D eigenvalue weighted by molar-refractivity contribution is -0.144. The molecule has 1 aromatic carbocycles. The molecule has 0 aliphatic heterocycles. The number of aromatic nitrogens is 1. The molecule has 0 radical (unpaired) electrons. The Hall–Kier alpha value is -1.57. The van der Waals surface area contributed by atoms with Crippen molar-refractivity contribution in [2.24, 2.45) is 0 Å². The average Bonchev–Trinajstić information content (AvgIpc) is 2.54. The number of thioether (sulfide) groups is 1. The lowest BCUT2D eigenvalue weighted by Crippen LogP contribution is -2.21. The largest absolute Gasteiger partial charge is 0.455 e. The molecule has 0 aliphatic carbocycles. The average molecular weight is 416 g/mol. The number of halogens is 2. The molecule has 0 saturated carbocycles. The maximum atomic E-state index is 11.7. The Bertz CT molecular complexity index is 697. The zero-order valence-electron chi connectivity index (χ0n) is 11.8. The van der Waals surface area contributed by atoms with E-state index in [0.717, 1.165) is 9.37 Å². The summed E-state index contributed by atoms with van der Waals surface area (Å²) in [5, 5.41) is 2.70. The molecule has 2 aromatic rings. The Labute approximate surface area is 150 Å². The topological polar surface area (TPSA) is 68.3 Å². The van der Waals surface area contributed by atoms with Crippen molar-refractivity contribution in [3.05, 3.63) is 52.2 Å². The predicted molar refractivity (Wildman–Crippen MR) is 93.7 cm³/mol. The van der Waals surface area contributed by atoms with E-state index in [-0.39, 0.29) is 17.5 Å². The van der Waals surface area contributed by atoms with Crippen molar-refractivity contribution < 1.29 is 14.3 Å². The maximum absolute atomic E-state index is 11.7. The molecular weight excluding hydrogens is 404 g/mol. The van der Waals surface area contributed by atoms with E-state index in [2.05, 4.69) is 26.2 Å². The van der Waals surface area contributed by atoms with E-state index in [1.165, 1.54) is 18.0 Å². The van der Waals surface area contributed by atoms with Crippen LogP contribution in [0.4, 0.5) is 5.69 Å². The van der Waals surface area contributed by atoms with Gasteiger partial charge in [-0.25, -0.2) is 4.98 Å². The number of hydrogen-bond donors (Lipinski definition) is 1. The molecular formula is C15H12BrClN2O3S. The first-order valence-electron chi connectivity index (χ1n) is 6.49. The molecule has 0 bridgehead atoms. The standard InChI is InChI=1S/C15H12BrClN2O3S/c16-10-3-5-11(6-4-10)23-9-14(21)22-8-13(20)19-12-2-1-7-18-15(12)17/h1-7H,8-9H2,(H,19,20). The highest BCUT2D eigenvalue weighted by molar-refractivity contribution is 9.10. The minimum atomic E-state index is -0.470. The number of benzene rings is 1. The van der Waals surface area contributed by atoms with Gasteiger partial charge in [-0.15, -0.1) is 11.8 Å². The van der Waals surface area contributed by atoms with Crippen LogP contribution in [0, 0.1) is 0 Å². The number of nitrogens with zero attached hydrogens (tertiary/aromatic N) is 1. The summed E-state index contributed by atoms with van der Waals surface area (Å²) in [6, 6.07) is 10.8. The lowest BCUT2D eigenvalue weighted by atomic mass is 10.4. The molecule has 5 nitrogen and oxygen atoms in total. The van der Waals surface area contributed by atoms with Crippen LogP contribution in [0.25, 0.3) is 0 Å². The number of amides is 1. The van der Waals surface area contributed by atoms with Gasteiger partial charge in [0.2, 0.25) is 0 Å². The number of rotatable bonds is 6. The first-order valence-corrected chi connectivity index (χ1v) is 8.64. The highest BCUT2D eigenvalue weighted by Crippen LogP contribution is 2.20. The molecule has 0 atom stereocenters. The van der Waals surface area contributed by atoms with Crippen LogP contribution in [0.2, 0.25) is 5.15 Å². The summed E-state index contributed by atoms with van der Waals surface area (Å²) >= 11 is 10.5. The van der Waals surface area contributed by atoms with Crippen molar-refractivity contribution in [2.75, 3.05) is 17.7 Å². The molecule has 0 spiro atoms. The van der Waals surface area contributed by atoms with Crippen LogP contribution >= 0.6 is 39.3 Å². The smallest absolute Gasteiger partial charge is 0.316 e. The fraction of sp³-hybridized carbons (Fsp3) is 0.133. The minimum absolute atomic E-state index is 0.128. The molecule has 0 unspecified atom stereocenters. The number of esters is 1. The van der Waals surface area contributed by atoms with E-state index >= 15 is 0 Å². The van der Waals surface area contributed by atoms with Gasteiger partial charge in [-0.3, -0.25) is 9.59 Å². The molecule has 0 saturated heterocycles. The summed E-state index contributed by atoms with van der Waals surface area (Å²) in [4.78, 5) is 28.1. The molecule has 23 heavy (non-hydrogen) atoms. The first kappa shape index (κ1) is 17.8. The second-order valence-electron chi connectivity index (χ2n) is 4.29. The number of pyridine rings is 1. The Balaban J connectivity index is 1.72. The summed E-state index contributed by atoms with van der Waals surface area (Å²) in [5.74, 6) is -0.810. The second-order valence-corrected chi connectivity index (χ2v) is 6.62. The molecule has 1 heterocycles. The third-order valence-electron chi connectivity index (χ3n) is 2.57. The number of anilines is 1. The monoisotopic (exact) mass is 414 g/mol. The number of carbonyl (C=O) groups excluding carboxylic acids is 2. The van der Waals surface area contributed by atoms with Gasteiger partial charge in [-0.05, 0) is 36.4 Å². The molecule has 2 rings (SSSR count). The van der Waals surface area contributed by atoms with Crippen molar-refractivity contribution in [3.8, 4) is 0 Å². The van der Waals surface area contributed by atoms with Gasteiger partial charge in [-0.1, -0.05) is 27.5 Å². The zero-order chi connectivity index (χ0) is 16.7. The second kappa shape index (κ2) is 8.90. The predicted octanol–water partition coefficient (Wildman–Crippen LogP) is 3.77. The molecule has 0 aliphatic rings. The van der Waals surface area contributed by atoms with Crippen molar-refractivity contribution in [1.29, 1.82) is 0 Å². The lowest BCUT2D eigenvalue weighted by Gasteiger charge is -2.07. The number of ether oxygens (including phenoxy) is 1. The molecule has 1 aromatic heterocycles. The number of nitrogens with one attached hydrogen (secondary N) is 1. The summed E-state index contributed by atoms with van der Waals surface area (Å²) in [6.07, 6.45) is 1.51. The highest BCUT2D eigenvalue weighted by atomic mass is 79.9. The Kier molecular flexibility index (Phi) is 6.88. The van der Waals surface area contributed by atoms with Crippen LogP contribution in [0.5, 0.6) is 0 Å². The van der Waals surface area contributed by atoms with Crippen LogP contribution in [-0.4, -0.2) is 29.2 Å². The molecule has 8 heteroatoms. The van der Waals surface area contributed by atoms with Gasteiger partial charge in [0.15, 0.2) is 11.8 Å². The summed E-state index contributed by atoms with van der Waals surface area (Å²) < 4.78 is 5.88. The highest BCUT2D eigenvalue weighted by Gasteiger charge is 2.10. The van der Waals surface area contributed by atoms with Crippen molar-refractivity contribution in [3.63, 3.8) is 0 Å². The zero-order valence-corrected chi connectivity index (χ0v) is 15.0. The molecule has 0 fully saturated rings. The molecule has 1 N–H and O–H groups in total. The van der Waals surface area contributed by atoms with Gasteiger partial charge in [0, 0.05) is 15.6 Å². The fourth-order valence-electron chi connectivity index (χ4n) is 1.53. The van der Waals surface area contributed by atoms with Crippen molar-refractivity contribution in [2.45, 2.75) is 4.90 Å². The molecule has 1 amide bonds. The van der Waals surface area contributed by atoms with E-state index in [9.17, 15) is 9.59 Å². The van der Waals surface area contributed by atoms with E-state index in [1.807, 2.05) is 24.3 Å². The van der Waals surface area contributed by atoms with Gasteiger partial charge in [0.25, 0.3) is 5.91 Å². The van der Waals surface area contributed by atoms with Gasteiger partial charge < -0.3 is 10.1 Å². The van der Waals surface area contributed by atoms with Gasteiger partial charge >= 0.3 is 5.97 Å². The van der Waals surface area contributed by atoms with Crippen LogP contribution in [0.1, 0.15) is 0 Å². The van der Waals surface area contributed by atoms with Crippen LogP contribution in [-0.2, 0) is 14.3 Å². The normalized spacial score (nSPS) is 10.2. The van der Waals surface area contributed by atoms with Crippen LogP contribution in [0.3, 0.4) is 0 Å². The third kappa shape index (κ3) is 6.21. The third-order valence-corrected chi connectivity index (χ3v) is 4.38. The van der Waals surface area contributed by atoms with Gasteiger partial charge in [0.1, 0.15) is 0 Å². The van der Waals surface area contributed by atoms with Crippen molar-refractivity contribution >= 4 is 56.9 Å². The van der Waals surface area contributed by atoms with Gasteiger partial charge in [-0.2, -0.15) is 0 Å². The van der Waals surface area contributed by atoms with Gasteiger partial charge in [0.05, 0.1) is 11.4 Å². The van der Waals surface area contributed by atoms with E-state index in [4.69, 9.17) is 16.3 Å². The first-order chi connectivity index (χ1) is 11.0. The molecule has 120 valence electrons. The minimum Gasteiger partial charge on any atom is -0.455 e. The Morgan fingerprint density at radius 2 is 2.00 bits per heavy atom. The Morgan fingerprint density at radius 1 is 1.26 bits per heavy atom. The Morgan fingerprint density at radius 3 is 2.70 bits per heavy atom. The van der Waals surface area contributed by atoms with Crippen LogP contribution < -0.4 is 5.32 Å². The fourth-order valence-corrected chi connectivity index (χ4v) is 2.65.